The van der Waals surface area contributed by atoms with Crippen LogP contribution in [0.1, 0.15) is 117 Å². The Bertz CT molecular complexity index is 738. The number of nitrogens with zero attached hydrogens (tertiary/aromatic N) is 2. The molecular weight excluding hydrogens is 863 g/mol. The van der Waals surface area contributed by atoms with Crippen LogP contribution in [0, 0.1) is 0 Å². The maximum atomic E-state index is 13.6. The number of nitrogens with two attached hydrogens (primary N) is 4. The molecule has 54 heavy (non-hydrogen) atoms. The first-order valence-corrected chi connectivity index (χ1v) is 22.8. The second-order valence-electron chi connectivity index (χ2n) is 12.8. The fourth-order valence-electron chi connectivity index (χ4n) is 5.22. The minimum atomic E-state index is -3.17. The van der Waals surface area contributed by atoms with Crippen LogP contribution in [0.2, 0.25) is 0 Å². The van der Waals surface area contributed by atoms with E-state index in [0.29, 0.717) is 78.0 Å². The molecule has 0 aliphatic heterocycles. The molecule has 0 aromatic heterocycles. The Morgan fingerprint density at radius 1 is 0.370 bits per heavy atom. The molecule has 0 bridgehead atoms. The molecule has 0 amide bonds. The standard InChI is InChI=1S/C34H78N6O6P2.6ClH/c1-3-5-11-29-43-47(41,33-27-39(23-15-19-35)24-16-20-36)45-31-13-9-7-8-10-14-32-46-48(42,44-30-12-6-4-2)34-28-40(25-17-21-37)26-18-22-38;;;;;;/h3-38H2,1-2H3;6*1H. The molecule has 338 valence electrons. The van der Waals surface area contributed by atoms with E-state index in [-0.39, 0.29) is 74.4 Å². The van der Waals surface area contributed by atoms with Crippen LogP contribution >= 0.6 is 89.6 Å². The van der Waals surface area contributed by atoms with E-state index in [1.165, 1.54) is 0 Å². The van der Waals surface area contributed by atoms with Gasteiger partial charge in [0.2, 0.25) is 0 Å². The van der Waals surface area contributed by atoms with Crippen LogP contribution in [-0.2, 0) is 27.2 Å². The zero-order valence-corrected chi connectivity index (χ0v) is 40.3. The molecule has 2 unspecified atom stereocenters. The Morgan fingerprint density at radius 2 is 0.611 bits per heavy atom. The second-order valence-corrected chi connectivity index (χ2v) is 17.2. The van der Waals surface area contributed by atoms with Crippen molar-refractivity contribution in [2.24, 2.45) is 22.9 Å². The fraction of sp³-hybridized carbons (Fsp3) is 1.00. The molecule has 0 aromatic carbocycles. The van der Waals surface area contributed by atoms with E-state index in [4.69, 9.17) is 41.0 Å². The quantitative estimate of drug-likeness (QED) is 0.0341. The largest absolute Gasteiger partial charge is 0.331 e. The minimum Gasteiger partial charge on any atom is -0.330 e. The predicted octanol–water partition coefficient (Wildman–Crippen LogP) is 8.69. The molecule has 0 aromatic rings. The first-order valence-electron chi connectivity index (χ1n) is 19.3. The van der Waals surface area contributed by atoms with E-state index in [2.05, 4.69) is 23.6 Å². The lowest BCUT2D eigenvalue weighted by Crippen LogP contribution is -2.31. The van der Waals surface area contributed by atoms with Crippen molar-refractivity contribution in [2.45, 2.75) is 117 Å². The van der Waals surface area contributed by atoms with E-state index >= 15 is 0 Å². The van der Waals surface area contributed by atoms with E-state index in [1.807, 2.05) is 0 Å². The van der Waals surface area contributed by atoms with Crippen molar-refractivity contribution in [3.8, 4) is 0 Å². The van der Waals surface area contributed by atoms with Gasteiger partial charge in [-0.15, -0.1) is 74.4 Å². The van der Waals surface area contributed by atoms with Gasteiger partial charge in [0.1, 0.15) is 0 Å². The first kappa shape index (κ1) is 70.4. The Labute approximate surface area is 368 Å². The summed E-state index contributed by atoms with van der Waals surface area (Å²) >= 11 is 0. The molecule has 12 nitrogen and oxygen atoms in total. The van der Waals surface area contributed by atoms with Gasteiger partial charge in [-0.3, -0.25) is 9.13 Å². The van der Waals surface area contributed by atoms with Gasteiger partial charge in [0.15, 0.2) is 0 Å². The van der Waals surface area contributed by atoms with Gasteiger partial charge in [-0.25, -0.2) is 0 Å². The third-order valence-corrected chi connectivity index (χ3v) is 12.1. The van der Waals surface area contributed by atoms with Crippen LogP contribution < -0.4 is 22.9 Å². The number of hydrogen-bond acceptors (Lipinski definition) is 12. The molecular formula is C34H84Cl6N6O6P2. The third kappa shape index (κ3) is 43.4. The molecule has 0 fully saturated rings. The molecule has 0 rings (SSSR count). The smallest absolute Gasteiger partial charge is 0.330 e. The van der Waals surface area contributed by atoms with E-state index in [1.54, 1.807) is 0 Å². The summed E-state index contributed by atoms with van der Waals surface area (Å²) in [6, 6.07) is 0. The van der Waals surface area contributed by atoms with Crippen molar-refractivity contribution in [1.82, 2.24) is 9.80 Å². The highest BCUT2D eigenvalue weighted by Gasteiger charge is 2.26. The molecule has 0 aliphatic rings. The maximum Gasteiger partial charge on any atom is 0.331 e. The third-order valence-electron chi connectivity index (χ3n) is 8.28. The van der Waals surface area contributed by atoms with Crippen LogP contribution in [0.5, 0.6) is 0 Å². The Balaban J connectivity index is -0.000000736. The summed E-state index contributed by atoms with van der Waals surface area (Å²) in [5.41, 5.74) is 22.9. The zero-order chi connectivity index (χ0) is 35.6. The Kier molecular flexibility index (Phi) is 66.4. The maximum absolute atomic E-state index is 13.6. The van der Waals surface area contributed by atoms with Gasteiger partial charge < -0.3 is 50.8 Å². The van der Waals surface area contributed by atoms with Crippen molar-refractivity contribution >= 4 is 89.6 Å². The monoisotopic (exact) mass is 944 g/mol. The van der Waals surface area contributed by atoms with Gasteiger partial charge in [0.05, 0.1) is 38.8 Å². The lowest BCUT2D eigenvalue weighted by atomic mass is 10.1. The first-order chi connectivity index (χ1) is 23.3. The molecule has 0 saturated carbocycles. The number of halogens is 6. The van der Waals surface area contributed by atoms with E-state index < -0.39 is 15.2 Å². The SMILES string of the molecule is CCCCCOP(=O)(CCN(CCCN)CCCN)OCCCCCCCCOP(=O)(CCN(CCCN)CCCN)OCCCCC.Cl.Cl.Cl.Cl.Cl.Cl. The van der Waals surface area contributed by atoms with Gasteiger partial charge in [-0.05, 0) is 104 Å². The average Bonchev–Trinajstić information content (AvgIpc) is 3.09. The van der Waals surface area contributed by atoms with E-state index in [9.17, 15) is 9.13 Å². The van der Waals surface area contributed by atoms with Crippen molar-refractivity contribution in [1.29, 1.82) is 0 Å². The van der Waals surface area contributed by atoms with Crippen molar-refractivity contribution in [3.63, 3.8) is 0 Å². The summed E-state index contributed by atoms with van der Waals surface area (Å²) in [5, 5.41) is 0. The fourth-order valence-corrected chi connectivity index (χ4v) is 8.57. The number of hydrogen-bond donors (Lipinski definition) is 4. The molecule has 20 heteroatoms. The van der Waals surface area contributed by atoms with E-state index in [0.717, 1.165) is 129 Å². The summed E-state index contributed by atoms with van der Waals surface area (Å²) in [7, 11) is -6.35. The molecule has 0 spiro atoms. The zero-order valence-electron chi connectivity index (χ0n) is 33.6. The normalized spacial score (nSPS) is 13.0. The summed E-state index contributed by atoms with van der Waals surface area (Å²) in [6.07, 6.45) is 16.2. The lowest BCUT2D eigenvalue weighted by molar-refractivity contribution is 0.189. The minimum absolute atomic E-state index is 0. The average molecular weight is 948 g/mol. The lowest BCUT2D eigenvalue weighted by Gasteiger charge is -2.25. The van der Waals surface area contributed by atoms with Crippen molar-refractivity contribution < 1.29 is 27.2 Å². The number of unbranched alkanes of at least 4 members (excludes halogenated alkanes) is 9. The summed E-state index contributed by atoms with van der Waals surface area (Å²) in [5.74, 6) is 0. The summed E-state index contributed by atoms with van der Waals surface area (Å²) in [4.78, 5) is 4.54. The topological polar surface area (TPSA) is 182 Å². The molecule has 8 N–H and O–H groups in total. The Morgan fingerprint density at radius 3 is 0.852 bits per heavy atom. The highest BCUT2D eigenvalue weighted by molar-refractivity contribution is 7.54. The second kappa shape index (κ2) is 50.9. The molecule has 0 aliphatic carbocycles. The van der Waals surface area contributed by atoms with Crippen LogP contribution in [0.15, 0.2) is 0 Å². The van der Waals surface area contributed by atoms with Gasteiger partial charge in [-0.1, -0.05) is 65.2 Å². The molecule has 2 atom stereocenters. The summed E-state index contributed by atoms with van der Waals surface area (Å²) < 4.78 is 50.9. The van der Waals surface area contributed by atoms with Crippen LogP contribution in [-0.4, -0.2) is 114 Å². The highest BCUT2D eigenvalue weighted by atomic mass is 35.5. The van der Waals surface area contributed by atoms with Crippen molar-refractivity contribution in [3.05, 3.63) is 0 Å². The van der Waals surface area contributed by atoms with Crippen molar-refractivity contribution in [2.75, 3.05) is 104 Å². The highest BCUT2D eigenvalue weighted by Crippen LogP contribution is 2.49. The Hall–Kier alpha value is 1.80. The predicted molar refractivity (Wildman–Crippen MR) is 247 cm³/mol. The van der Waals surface area contributed by atoms with Gasteiger partial charge in [0, 0.05) is 13.1 Å². The van der Waals surface area contributed by atoms with Gasteiger partial charge in [-0.2, -0.15) is 0 Å². The molecule has 0 heterocycles. The van der Waals surface area contributed by atoms with Crippen LogP contribution in [0.3, 0.4) is 0 Å². The van der Waals surface area contributed by atoms with Gasteiger partial charge in [0.25, 0.3) is 0 Å². The van der Waals surface area contributed by atoms with Gasteiger partial charge >= 0.3 is 15.2 Å². The molecule has 0 saturated heterocycles. The molecule has 0 radical (unpaired) electrons. The van der Waals surface area contributed by atoms with Crippen LogP contribution in [0.4, 0.5) is 0 Å². The summed E-state index contributed by atoms with van der Waals surface area (Å²) in [6.45, 7) is 13.4. The number of rotatable bonds is 39. The van der Waals surface area contributed by atoms with Crippen LogP contribution in [0.25, 0.3) is 0 Å².